The van der Waals surface area contributed by atoms with E-state index in [4.69, 9.17) is 5.14 Å². The van der Waals surface area contributed by atoms with Crippen LogP contribution < -0.4 is 10.5 Å². The average molecular weight is 308 g/mol. The van der Waals surface area contributed by atoms with E-state index in [0.29, 0.717) is 11.4 Å². The second-order valence-electron chi connectivity index (χ2n) is 4.77. The summed E-state index contributed by atoms with van der Waals surface area (Å²) in [5, 5.41) is 11.9. The van der Waals surface area contributed by atoms with Crippen molar-refractivity contribution in [1.82, 2.24) is 9.78 Å². The van der Waals surface area contributed by atoms with Crippen LogP contribution in [0.1, 0.15) is 21.7 Å². The minimum Gasteiger partial charge on any atom is -0.320 e. The Morgan fingerprint density at radius 1 is 1.29 bits per heavy atom. The van der Waals surface area contributed by atoms with Gasteiger partial charge in [-0.15, -0.1) is 0 Å². The molecule has 0 atom stereocenters. The number of sulfonamides is 1. The molecular weight excluding hydrogens is 292 g/mol. The lowest BCUT2D eigenvalue weighted by atomic mass is 10.2. The second-order valence-corrected chi connectivity index (χ2v) is 6.33. The van der Waals surface area contributed by atoms with E-state index in [2.05, 4.69) is 10.4 Å². The van der Waals surface area contributed by atoms with Crippen LogP contribution in [-0.2, 0) is 17.1 Å². The van der Waals surface area contributed by atoms with Gasteiger partial charge in [0.1, 0.15) is 5.69 Å². The van der Waals surface area contributed by atoms with E-state index in [1.165, 1.54) is 16.8 Å². The summed E-state index contributed by atoms with van der Waals surface area (Å²) in [7, 11) is -2.15. The summed E-state index contributed by atoms with van der Waals surface area (Å²) < 4.78 is 24.2. The molecule has 0 fully saturated rings. The summed E-state index contributed by atoms with van der Waals surface area (Å²) in [6, 6.07) is 5.97. The van der Waals surface area contributed by atoms with Gasteiger partial charge in [-0.1, -0.05) is 6.07 Å². The molecule has 0 aliphatic rings. The van der Waals surface area contributed by atoms with Gasteiger partial charge in [-0.3, -0.25) is 9.48 Å². The van der Waals surface area contributed by atoms with Gasteiger partial charge in [0, 0.05) is 12.7 Å². The van der Waals surface area contributed by atoms with Crippen LogP contribution in [0.2, 0.25) is 0 Å². The van der Waals surface area contributed by atoms with E-state index in [9.17, 15) is 13.2 Å². The second kappa shape index (κ2) is 5.30. The van der Waals surface area contributed by atoms with Crippen LogP contribution in [0.5, 0.6) is 0 Å². The average Bonchev–Trinajstić information content (AvgIpc) is 2.70. The largest absolute Gasteiger partial charge is 0.320 e. The maximum atomic E-state index is 12.2. The fourth-order valence-corrected chi connectivity index (χ4v) is 2.46. The van der Waals surface area contributed by atoms with Crippen molar-refractivity contribution in [2.45, 2.75) is 18.7 Å². The summed E-state index contributed by atoms with van der Waals surface area (Å²) in [6.07, 6.45) is 0. The summed E-state index contributed by atoms with van der Waals surface area (Å²) >= 11 is 0. The Bertz CT molecular complexity index is 809. The fraction of sp³-hybridized carbons (Fsp3) is 0.231. The minimum atomic E-state index is -3.82. The van der Waals surface area contributed by atoms with Crippen molar-refractivity contribution in [3.05, 3.63) is 41.2 Å². The van der Waals surface area contributed by atoms with Crippen molar-refractivity contribution in [2.75, 3.05) is 5.32 Å². The number of aromatic nitrogens is 2. The van der Waals surface area contributed by atoms with Crippen molar-refractivity contribution in [1.29, 1.82) is 0 Å². The summed E-state index contributed by atoms with van der Waals surface area (Å²) in [5.74, 6) is -0.368. The quantitative estimate of drug-likeness (QED) is 0.879. The zero-order valence-corrected chi connectivity index (χ0v) is 12.7. The van der Waals surface area contributed by atoms with Gasteiger partial charge in [0.25, 0.3) is 5.91 Å². The van der Waals surface area contributed by atoms with Crippen LogP contribution in [0, 0.1) is 13.8 Å². The Morgan fingerprint density at radius 2 is 1.95 bits per heavy atom. The minimum absolute atomic E-state index is 0.0513. The van der Waals surface area contributed by atoms with Gasteiger partial charge in [-0.2, -0.15) is 5.10 Å². The predicted molar refractivity (Wildman–Crippen MR) is 78.5 cm³/mol. The molecule has 0 aliphatic heterocycles. The Balaban J connectivity index is 2.35. The van der Waals surface area contributed by atoms with E-state index in [1.807, 2.05) is 0 Å². The topological polar surface area (TPSA) is 107 Å². The van der Waals surface area contributed by atoms with Crippen LogP contribution in [0.4, 0.5) is 5.69 Å². The molecule has 0 saturated carbocycles. The molecule has 0 bridgehead atoms. The number of hydrogen-bond acceptors (Lipinski definition) is 4. The number of anilines is 1. The molecule has 2 aromatic rings. The highest BCUT2D eigenvalue weighted by Gasteiger charge is 2.15. The summed E-state index contributed by atoms with van der Waals surface area (Å²) in [5.41, 5.74) is 2.23. The van der Waals surface area contributed by atoms with Gasteiger partial charge in [0.05, 0.1) is 10.6 Å². The Morgan fingerprint density at radius 3 is 2.48 bits per heavy atom. The van der Waals surface area contributed by atoms with Gasteiger partial charge in [0.2, 0.25) is 10.0 Å². The number of hydrogen-bond donors (Lipinski definition) is 2. The van der Waals surface area contributed by atoms with Crippen molar-refractivity contribution in [3.63, 3.8) is 0 Å². The molecule has 1 heterocycles. The fourth-order valence-electron chi connectivity index (χ4n) is 1.92. The van der Waals surface area contributed by atoms with E-state index in [1.54, 1.807) is 33.0 Å². The number of benzene rings is 1. The first-order valence-electron chi connectivity index (χ1n) is 6.14. The molecule has 1 aromatic carbocycles. The maximum Gasteiger partial charge on any atom is 0.273 e. The number of amides is 1. The van der Waals surface area contributed by atoms with Crippen LogP contribution >= 0.6 is 0 Å². The number of rotatable bonds is 3. The first-order chi connectivity index (χ1) is 9.68. The molecule has 2 rings (SSSR count). The van der Waals surface area contributed by atoms with Crippen LogP contribution in [-0.4, -0.2) is 24.1 Å². The van der Waals surface area contributed by atoms with E-state index >= 15 is 0 Å². The molecule has 0 unspecified atom stereocenters. The smallest absolute Gasteiger partial charge is 0.273 e. The normalized spacial score (nSPS) is 11.4. The van der Waals surface area contributed by atoms with Gasteiger partial charge in [-0.05, 0) is 37.6 Å². The highest BCUT2D eigenvalue weighted by atomic mass is 32.2. The zero-order chi connectivity index (χ0) is 15.8. The molecule has 3 N–H and O–H groups in total. The summed E-state index contributed by atoms with van der Waals surface area (Å²) in [4.78, 5) is 12.2. The van der Waals surface area contributed by atoms with E-state index in [0.717, 1.165) is 11.3 Å². The van der Waals surface area contributed by atoms with Crippen LogP contribution in [0.25, 0.3) is 0 Å². The Labute approximate surface area is 122 Å². The van der Waals surface area contributed by atoms with Crippen molar-refractivity contribution in [3.8, 4) is 0 Å². The Hall–Kier alpha value is -2.19. The van der Waals surface area contributed by atoms with Crippen LogP contribution in [0.15, 0.2) is 29.2 Å². The number of carbonyl (C=O) groups is 1. The van der Waals surface area contributed by atoms with E-state index < -0.39 is 10.0 Å². The molecule has 0 aliphatic carbocycles. The van der Waals surface area contributed by atoms with Gasteiger partial charge < -0.3 is 5.32 Å². The van der Waals surface area contributed by atoms with Gasteiger partial charge >= 0.3 is 0 Å². The number of aryl methyl sites for hydroxylation is 3. The monoisotopic (exact) mass is 308 g/mol. The lowest BCUT2D eigenvalue weighted by Crippen LogP contribution is -2.18. The molecule has 0 radical (unpaired) electrons. The third-order valence-corrected chi connectivity index (χ3v) is 3.93. The molecule has 8 heteroatoms. The number of nitrogens with two attached hydrogens (primary N) is 1. The zero-order valence-electron chi connectivity index (χ0n) is 11.9. The third-order valence-electron chi connectivity index (χ3n) is 3.02. The Kier molecular flexibility index (Phi) is 3.84. The van der Waals surface area contributed by atoms with Gasteiger partial charge in [0.15, 0.2) is 0 Å². The number of nitrogens with one attached hydrogen (secondary N) is 1. The van der Waals surface area contributed by atoms with Gasteiger partial charge in [-0.25, -0.2) is 13.6 Å². The highest BCUT2D eigenvalue weighted by molar-refractivity contribution is 7.89. The first-order valence-corrected chi connectivity index (χ1v) is 7.68. The molecule has 21 heavy (non-hydrogen) atoms. The third kappa shape index (κ3) is 3.29. The molecule has 1 amide bonds. The lowest BCUT2D eigenvalue weighted by molar-refractivity contribution is 0.101. The summed E-state index contributed by atoms with van der Waals surface area (Å²) in [6.45, 7) is 3.54. The number of primary sulfonamides is 1. The van der Waals surface area contributed by atoms with E-state index in [-0.39, 0.29) is 10.8 Å². The lowest BCUT2D eigenvalue weighted by Gasteiger charge is -2.10. The molecule has 7 nitrogen and oxygen atoms in total. The number of carbonyl (C=O) groups excluding carboxylic acids is 1. The van der Waals surface area contributed by atoms with Crippen molar-refractivity contribution < 1.29 is 13.2 Å². The molecule has 112 valence electrons. The molecular formula is C13H16N4O3S. The van der Waals surface area contributed by atoms with Crippen LogP contribution in [0.3, 0.4) is 0 Å². The van der Waals surface area contributed by atoms with Crippen molar-refractivity contribution in [2.24, 2.45) is 12.2 Å². The maximum absolute atomic E-state index is 12.2. The number of nitrogens with zero attached hydrogens (tertiary/aromatic N) is 2. The predicted octanol–water partition coefficient (Wildman–Crippen LogP) is 0.937. The standard InChI is InChI=1S/C13H16N4O3S/c1-8-4-5-10(21(14,19)20)7-11(8)15-13(18)12-6-9(2)16-17(12)3/h4-7H,1-3H3,(H,15,18)(H2,14,19,20). The molecule has 1 aromatic heterocycles. The van der Waals surface area contributed by atoms with Crippen molar-refractivity contribution >= 4 is 21.6 Å². The molecule has 0 saturated heterocycles. The SMILES string of the molecule is Cc1cc(C(=O)Nc2cc(S(N)(=O)=O)ccc2C)n(C)n1. The molecule has 0 spiro atoms. The first kappa shape index (κ1) is 15.2. The highest BCUT2D eigenvalue weighted by Crippen LogP contribution is 2.20.